The third-order valence-corrected chi connectivity index (χ3v) is 3.20. The molecule has 2 aromatic carbocycles. The van der Waals surface area contributed by atoms with Crippen molar-refractivity contribution in [3.63, 3.8) is 0 Å². The van der Waals surface area contributed by atoms with Crippen molar-refractivity contribution in [2.45, 2.75) is 6.54 Å². The average Bonchev–Trinajstić information content (AvgIpc) is 2.78. The quantitative estimate of drug-likeness (QED) is 0.445. The normalized spacial score (nSPS) is 13.8. The first-order valence-electron chi connectivity index (χ1n) is 5.73. The van der Waals surface area contributed by atoms with Crippen molar-refractivity contribution in [2.24, 2.45) is 0 Å². The zero-order valence-corrected chi connectivity index (χ0v) is 9.96. The molecule has 0 unspecified atom stereocenters. The molecule has 2 aromatic rings. The maximum absolute atomic E-state index is 13.7. The molecule has 0 fully saturated rings. The molecule has 0 N–H and O–H groups in total. The molecule has 0 spiro atoms. The number of fused-ring (bicyclic) bond motifs is 1. The fourth-order valence-corrected chi connectivity index (χ4v) is 2.21. The Bertz CT molecular complexity index is 729. The topological polar surface area (TPSA) is 20.3 Å². The summed E-state index contributed by atoms with van der Waals surface area (Å²) in [6, 6.07) is 6.99. The summed E-state index contributed by atoms with van der Waals surface area (Å²) < 4.78 is 53.1. The predicted molar refractivity (Wildman–Crippen MR) is 63.2 cm³/mol. The smallest absolute Gasteiger partial charge is 0.259 e. The van der Waals surface area contributed by atoms with Crippen molar-refractivity contribution >= 4 is 11.6 Å². The Morgan fingerprint density at radius 2 is 1.65 bits per heavy atom. The van der Waals surface area contributed by atoms with Crippen LogP contribution < -0.4 is 4.90 Å². The molecule has 102 valence electrons. The molecule has 1 aliphatic heterocycles. The molecule has 6 heteroatoms. The van der Waals surface area contributed by atoms with E-state index in [9.17, 15) is 22.4 Å². The van der Waals surface area contributed by atoms with E-state index in [-0.39, 0.29) is 6.54 Å². The Morgan fingerprint density at radius 1 is 0.950 bits per heavy atom. The highest BCUT2D eigenvalue weighted by Crippen LogP contribution is 2.32. The van der Waals surface area contributed by atoms with Crippen molar-refractivity contribution < 1.29 is 22.4 Å². The zero-order chi connectivity index (χ0) is 14.4. The first-order chi connectivity index (χ1) is 9.50. The summed E-state index contributed by atoms with van der Waals surface area (Å²) in [5, 5.41) is 0. The highest BCUT2D eigenvalue weighted by molar-refractivity contribution is 6.10. The van der Waals surface area contributed by atoms with Crippen LogP contribution in [0.25, 0.3) is 0 Å². The standard InChI is InChI=1S/C14H7F4NO/c15-9-5-10(12(17)13(18)11(9)16)19-6-7-3-1-2-4-8(7)14(19)20/h1-5H,6H2. The number of nitrogens with zero attached hydrogens (tertiary/aromatic N) is 1. The number of carbonyl (C=O) groups is 1. The third kappa shape index (κ3) is 1.68. The van der Waals surface area contributed by atoms with Crippen LogP contribution >= 0.6 is 0 Å². The van der Waals surface area contributed by atoms with Gasteiger partial charge >= 0.3 is 0 Å². The van der Waals surface area contributed by atoms with Crippen LogP contribution in [0.4, 0.5) is 23.2 Å². The third-order valence-electron chi connectivity index (χ3n) is 3.20. The summed E-state index contributed by atoms with van der Waals surface area (Å²) in [7, 11) is 0. The summed E-state index contributed by atoms with van der Waals surface area (Å²) in [4.78, 5) is 13.0. The molecule has 0 aromatic heterocycles. The van der Waals surface area contributed by atoms with E-state index in [0.717, 1.165) is 4.90 Å². The van der Waals surface area contributed by atoms with E-state index < -0.39 is 34.9 Å². The molecular weight excluding hydrogens is 274 g/mol. The highest BCUT2D eigenvalue weighted by Gasteiger charge is 2.32. The van der Waals surface area contributed by atoms with Crippen molar-refractivity contribution in [2.75, 3.05) is 4.90 Å². The number of hydrogen-bond donors (Lipinski definition) is 0. The molecule has 1 heterocycles. The van der Waals surface area contributed by atoms with Crippen LogP contribution in [0.15, 0.2) is 30.3 Å². The second-order valence-electron chi connectivity index (χ2n) is 4.37. The van der Waals surface area contributed by atoms with Crippen LogP contribution in [0.2, 0.25) is 0 Å². The van der Waals surface area contributed by atoms with Crippen LogP contribution in [0.3, 0.4) is 0 Å². The number of hydrogen-bond acceptors (Lipinski definition) is 1. The molecular formula is C14H7F4NO. The summed E-state index contributed by atoms with van der Waals surface area (Å²) in [6.07, 6.45) is 0. The molecule has 20 heavy (non-hydrogen) atoms. The minimum Gasteiger partial charge on any atom is -0.301 e. The lowest BCUT2D eigenvalue weighted by Gasteiger charge is -2.17. The molecule has 1 aliphatic rings. The van der Waals surface area contributed by atoms with E-state index >= 15 is 0 Å². The Labute approximate surface area is 111 Å². The van der Waals surface area contributed by atoms with Gasteiger partial charge in [-0.2, -0.15) is 0 Å². The van der Waals surface area contributed by atoms with E-state index in [0.29, 0.717) is 17.2 Å². The van der Waals surface area contributed by atoms with Gasteiger partial charge in [0.15, 0.2) is 23.3 Å². The Morgan fingerprint density at radius 3 is 2.35 bits per heavy atom. The molecule has 0 saturated heterocycles. The van der Waals surface area contributed by atoms with Crippen LogP contribution in [0.5, 0.6) is 0 Å². The van der Waals surface area contributed by atoms with Gasteiger partial charge in [0.1, 0.15) is 0 Å². The van der Waals surface area contributed by atoms with E-state index in [2.05, 4.69) is 0 Å². The fourth-order valence-electron chi connectivity index (χ4n) is 2.21. The molecule has 0 atom stereocenters. The van der Waals surface area contributed by atoms with Gasteiger partial charge in [0.2, 0.25) is 0 Å². The highest BCUT2D eigenvalue weighted by atomic mass is 19.2. The van der Waals surface area contributed by atoms with Gasteiger partial charge < -0.3 is 4.90 Å². The second kappa shape index (κ2) is 4.33. The number of carbonyl (C=O) groups excluding carboxylic acids is 1. The van der Waals surface area contributed by atoms with E-state index in [1.807, 2.05) is 0 Å². The van der Waals surface area contributed by atoms with Gasteiger partial charge in [0.25, 0.3) is 5.91 Å². The maximum atomic E-state index is 13.7. The van der Waals surface area contributed by atoms with Crippen molar-refractivity contribution in [3.05, 3.63) is 64.7 Å². The summed E-state index contributed by atoms with van der Waals surface area (Å²) >= 11 is 0. The fraction of sp³-hybridized carbons (Fsp3) is 0.0714. The molecule has 0 aliphatic carbocycles. The van der Waals surface area contributed by atoms with Gasteiger partial charge in [-0.1, -0.05) is 18.2 Å². The van der Waals surface area contributed by atoms with Crippen LogP contribution in [-0.4, -0.2) is 5.91 Å². The molecule has 1 amide bonds. The van der Waals surface area contributed by atoms with Gasteiger partial charge in [-0.05, 0) is 11.6 Å². The van der Waals surface area contributed by atoms with Gasteiger partial charge in [-0.3, -0.25) is 4.79 Å². The second-order valence-corrected chi connectivity index (χ2v) is 4.37. The number of benzene rings is 2. The summed E-state index contributed by atoms with van der Waals surface area (Å²) in [5.41, 5.74) is 0.335. The molecule has 0 radical (unpaired) electrons. The first-order valence-corrected chi connectivity index (χ1v) is 5.73. The van der Waals surface area contributed by atoms with Gasteiger partial charge in [0.05, 0.1) is 12.2 Å². The van der Waals surface area contributed by atoms with Crippen molar-refractivity contribution in [3.8, 4) is 0 Å². The monoisotopic (exact) mass is 281 g/mol. The summed E-state index contributed by atoms with van der Waals surface area (Å²) in [6.45, 7) is -0.0174. The minimum atomic E-state index is -1.93. The van der Waals surface area contributed by atoms with Gasteiger partial charge in [-0.15, -0.1) is 0 Å². The lowest BCUT2D eigenvalue weighted by Crippen LogP contribution is -2.25. The van der Waals surface area contributed by atoms with Crippen LogP contribution in [0, 0.1) is 23.3 Å². The largest absolute Gasteiger partial charge is 0.301 e. The van der Waals surface area contributed by atoms with Crippen LogP contribution in [0.1, 0.15) is 15.9 Å². The number of rotatable bonds is 1. The zero-order valence-electron chi connectivity index (χ0n) is 9.96. The average molecular weight is 281 g/mol. The number of anilines is 1. The van der Waals surface area contributed by atoms with Crippen molar-refractivity contribution in [1.29, 1.82) is 0 Å². The predicted octanol–water partition coefficient (Wildman–Crippen LogP) is 3.40. The van der Waals surface area contributed by atoms with E-state index in [1.54, 1.807) is 18.2 Å². The van der Waals surface area contributed by atoms with E-state index in [4.69, 9.17) is 0 Å². The Kier molecular flexibility index (Phi) is 2.74. The van der Waals surface area contributed by atoms with E-state index in [1.165, 1.54) is 6.07 Å². The van der Waals surface area contributed by atoms with Gasteiger partial charge in [0, 0.05) is 11.6 Å². The maximum Gasteiger partial charge on any atom is 0.259 e. The SMILES string of the molecule is O=C1c2ccccc2CN1c1cc(F)c(F)c(F)c1F. The van der Waals surface area contributed by atoms with Gasteiger partial charge in [-0.25, -0.2) is 17.6 Å². The number of amides is 1. The number of halogens is 4. The Balaban J connectivity index is 2.11. The molecule has 0 saturated carbocycles. The lowest BCUT2D eigenvalue weighted by atomic mass is 10.1. The molecule has 0 bridgehead atoms. The van der Waals surface area contributed by atoms with Crippen molar-refractivity contribution in [1.82, 2.24) is 0 Å². The molecule has 3 rings (SSSR count). The first kappa shape index (κ1) is 12.7. The minimum absolute atomic E-state index is 0.0174. The Hall–Kier alpha value is -2.37. The van der Waals surface area contributed by atoms with Crippen LogP contribution in [-0.2, 0) is 6.54 Å². The molecule has 2 nitrogen and oxygen atoms in total. The lowest BCUT2D eigenvalue weighted by molar-refractivity contribution is 0.0995. The summed E-state index contributed by atoms with van der Waals surface area (Å²) in [5.74, 6) is -7.52.